The predicted molar refractivity (Wildman–Crippen MR) is 144 cm³/mol. The maximum Gasteiger partial charge on any atom is 0.269 e. The number of aliphatic hydroxyl groups excluding tert-OH is 1. The molecule has 3 aliphatic heterocycles. The molecule has 4 aliphatic rings. The fraction of sp³-hybridized carbons (Fsp3) is 0.444. The van der Waals surface area contributed by atoms with E-state index in [1.807, 2.05) is 25.1 Å². The molecule has 3 fully saturated rings. The van der Waals surface area contributed by atoms with E-state index in [4.69, 9.17) is 10.8 Å². The largest absolute Gasteiger partial charge is 0.386 e. The molecule has 204 valence electrons. The van der Waals surface area contributed by atoms with Crippen LogP contribution in [0.4, 0.5) is 0 Å². The zero-order valence-corrected chi connectivity index (χ0v) is 21.7. The van der Waals surface area contributed by atoms with E-state index < -0.39 is 29.9 Å². The Balaban J connectivity index is 1.21. The maximum atomic E-state index is 13.4. The lowest BCUT2D eigenvalue weighted by molar-refractivity contribution is 0.00612. The van der Waals surface area contributed by atoms with Crippen LogP contribution in [0.5, 0.6) is 0 Å². The molecule has 5 atom stereocenters. The van der Waals surface area contributed by atoms with E-state index in [-0.39, 0.29) is 42.5 Å². The van der Waals surface area contributed by atoms with Crippen LogP contribution in [0, 0.1) is 17.7 Å². The Hall–Kier alpha value is -4.19. The van der Waals surface area contributed by atoms with Crippen LogP contribution in [0.3, 0.4) is 0 Å². The molecule has 12 nitrogen and oxygen atoms in total. The molecular formula is C27H33N9O3. The first-order valence-electron chi connectivity index (χ1n) is 13.3. The summed E-state index contributed by atoms with van der Waals surface area (Å²) in [5.41, 5.74) is 2.87. The summed E-state index contributed by atoms with van der Waals surface area (Å²) in [5, 5.41) is 43.8. The summed E-state index contributed by atoms with van der Waals surface area (Å²) in [6.45, 7) is 2.19. The van der Waals surface area contributed by atoms with Crippen LogP contribution in [0.1, 0.15) is 50.4 Å². The second kappa shape index (κ2) is 9.53. The monoisotopic (exact) mass is 531 g/mol. The van der Waals surface area contributed by atoms with Crippen molar-refractivity contribution in [1.82, 2.24) is 36.5 Å². The molecule has 0 radical (unpaired) electrons. The van der Waals surface area contributed by atoms with Crippen molar-refractivity contribution in [3.05, 3.63) is 64.5 Å². The number of fused-ring (bicyclic) bond motifs is 1. The minimum absolute atomic E-state index is 0.00110. The molecule has 1 aromatic carbocycles. The van der Waals surface area contributed by atoms with Crippen molar-refractivity contribution in [1.29, 1.82) is 10.8 Å². The number of pyridine rings is 1. The number of hydrogen-bond acceptors (Lipinski definition) is 6. The number of aryl methyl sites for hydroxylation is 2. The van der Waals surface area contributed by atoms with E-state index in [9.17, 15) is 14.7 Å². The smallest absolute Gasteiger partial charge is 0.269 e. The molecule has 8 N–H and O–H groups in total. The number of aromatic nitrogens is 1. The summed E-state index contributed by atoms with van der Waals surface area (Å²) in [4.78, 5) is 31.9. The number of carbonyl (C=O) groups is 2. The van der Waals surface area contributed by atoms with Gasteiger partial charge in [0.25, 0.3) is 11.8 Å². The van der Waals surface area contributed by atoms with Gasteiger partial charge in [-0.25, -0.2) is 0 Å². The van der Waals surface area contributed by atoms with Crippen molar-refractivity contribution in [3.8, 4) is 0 Å². The first kappa shape index (κ1) is 25.1. The number of amides is 2. The van der Waals surface area contributed by atoms with Crippen LogP contribution in [0.2, 0.25) is 0 Å². The average molecular weight is 532 g/mol. The molecule has 1 aromatic heterocycles. The lowest BCUT2D eigenvalue weighted by atomic mass is 9.86. The molecule has 0 bridgehead atoms. The Morgan fingerprint density at radius 1 is 1.15 bits per heavy atom. The maximum absolute atomic E-state index is 13.4. The van der Waals surface area contributed by atoms with Gasteiger partial charge in [-0.1, -0.05) is 18.2 Å². The van der Waals surface area contributed by atoms with Crippen molar-refractivity contribution in [2.45, 2.75) is 62.5 Å². The molecule has 0 saturated carbocycles. The van der Waals surface area contributed by atoms with E-state index in [1.54, 1.807) is 17.2 Å². The highest BCUT2D eigenvalue weighted by Gasteiger charge is 2.66. The quantitative estimate of drug-likeness (QED) is 0.256. The summed E-state index contributed by atoms with van der Waals surface area (Å²) in [7, 11) is 0. The number of nitrogens with zero attached hydrogens (tertiary/aromatic N) is 2. The Bertz CT molecular complexity index is 1350. The van der Waals surface area contributed by atoms with Gasteiger partial charge in [0.15, 0.2) is 17.6 Å². The van der Waals surface area contributed by atoms with Crippen LogP contribution < -0.4 is 26.6 Å². The zero-order valence-electron chi connectivity index (χ0n) is 21.7. The van der Waals surface area contributed by atoms with Gasteiger partial charge >= 0.3 is 0 Å². The number of nitrogens with one attached hydrogen (secondary N) is 7. The van der Waals surface area contributed by atoms with Crippen LogP contribution >= 0.6 is 0 Å². The third-order valence-electron chi connectivity index (χ3n) is 8.34. The Kier molecular flexibility index (Phi) is 6.13. The van der Waals surface area contributed by atoms with E-state index in [1.165, 1.54) is 5.56 Å². The van der Waals surface area contributed by atoms with Gasteiger partial charge in [0.2, 0.25) is 0 Å². The Labute approximate surface area is 226 Å². The van der Waals surface area contributed by atoms with E-state index >= 15 is 0 Å². The van der Waals surface area contributed by atoms with Crippen LogP contribution in [0.25, 0.3) is 0 Å². The van der Waals surface area contributed by atoms with E-state index in [0.717, 1.165) is 36.8 Å². The Morgan fingerprint density at radius 3 is 2.77 bits per heavy atom. The van der Waals surface area contributed by atoms with E-state index in [2.05, 4.69) is 37.6 Å². The van der Waals surface area contributed by atoms with Crippen molar-refractivity contribution in [2.24, 2.45) is 0 Å². The molecule has 39 heavy (non-hydrogen) atoms. The summed E-state index contributed by atoms with van der Waals surface area (Å²) >= 11 is 0. The Morgan fingerprint density at radius 2 is 1.97 bits per heavy atom. The standard InChI is InChI=1S/C27H33N9O3/c1-14-9-10-18(30-11-14)24(39)31-12-19-21-27(35-25(28)34-21)22(37)20(13-36(27)26(29)33-19)32-23(38)17-8-4-6-15-5-2-3-7-16(15)17/h4,6,8-11,19-22,37H,2-3,5,7,12-13H2,1H3,(H2,29,33)(H,31,39)(H,32,38)(H3,28,34,35)/t19-,20?,21-,22+,27?/m0/s1. The number of benzene rings is 1. The number of aliphatic hydroxyl groups is 1. The van der Waals surface area contributed by atoms with Gasteiger partial charge in [0.1, 0.15) is 11.8 Å². The SMILES string of the molecule is Cc1ccc(C(=O)NC[C@@H]2NC(=N)N3CC(NC(=O)c4cccc5c4CCCC5)[C@@H](O)C34NC(=N)N[C@@H]24)nc1. The minimum atomic E-state index is -1.25. The topological polar surface area (TPSA) is 178 Å². The molecule has 2 amide bonds. The summed E-state index contributed by atoms with van der Waals surface area (Å²) in [6.07, 6.45) is 4.45. The van der Waals surface area contributed by atoms with Gasteiger partial charge in [-0.3, -0.25) is 25.4 Å². The van der Waals surface area contributed by atoms with Gasteiger partial charge < -0.3 is 36.6 Å². The fourth-order valence-corrected chi connectivity index (χ4v) is 6.44. The molecule has 2 unspecified atom stereocenters. The highest BCUT2D eigenvalue weighted by molar-refractivity contribution is 5.97. The third-order valence-corrected chi connectivity index (χ3v) is 8.34. The zero-order chi connectivity index (χ0) is 27.3. The highest BCUT2D eigenvalue weighted by Crippen LogP contribution is 2.37. The normalized spacial score (nSPS) is 28.8. The molecule has 4 heterocycles. The van der Waals surface area contributed by atoms with Gasteiger partial charge in [-0.05, 0) is 61.4 Å². The van der Waals surface area contributed by atoms with Gasteiger partial charge in [0.05, 0.1) is 18.1 Å². The van der Waals surface area contributed by atoms with Gasteiger partial charge in [-0.15, -0.1) is 0 Å². The van der Waals surface area contributed by atoms with E-state index in [0.29, 0.717) is 5.56 Å². The number of hydrogen-bond donors (Lipinski definition) is 8. The second-order valence-corrected chi connectivity index (χ2v) is 10.8. The lowest BCUT2D eigenvalue weighted by Crippen LogP contribution is -2.78. The molecule has 2 aromatic rings. The van der Waals surface area contributed by atoms with Crippen molar-refractivity contribution < 1.29 is 14.7 Å². The lowest BCUT2D eigenvalue weighted by Gasteiger charge is -2.49. The van der Waals surface area contributed by atoms with Crippen molar-refractivity contribution in [3.63, 3.8) is 0 Å². The highest BCUT2D eigenvalue weighted by atomic mass is 16.3. The summed E-state index contributed by atoms with van der Waals surface area (Å²) < 4.78 is 0. The van der Waals surface area contributed by atoms with Crippen molar-refractivity contribution in [2.75, 3.05) is 13.1 Å². The minimum Gasteiger partial charge on any atom is -0.386 e. The van der Waals surface area contributed by atoms with Crippen LogP contribution in [0.15, 0.2) is 36.5 Å². The van der Waals surface area contributed by atoms with Crippen molar-refractivity contribution >= 4 is 23.7 Å². The molecular weight excluding hydrogens is 498 g/mol. The van der Waals surface area contributed by atoms with Crippen LogP contribution in [-0.2, 0) is 12.8 Å². The second-order valence-electron chi connectivity index (χ2n) is 10.8. The molecule has 1 spiro atoms. The number of rotatable bonds is 5. The number of guanidine groups is 2. The fourth-order valence-electron chi connectivity index (χ4n) is 6.44. The van der Waals surface area contributed by atoms with Gasteiger partial charge in [-0.2, -0.15) is 0 Å². The van der Waals surface area contributed by atoms with Gasteiger partial charge in [0, 0.05) is 24.8 Å². The molecule has 12 heteroatoms. The molecule has 6 rings (SSSR count). The first-order chi connectivity index (χ1) is 18.8. The van der Waals surface area contributed by atoms with Crippen LogP contribution in [-0.4, -0.2) is 81.7 Å². The first-order valence-corrected chi connectivity index (χ1v) is 13.3. The average Bonchev–Trinajstić information content (AvgIpc) is 3.43. The predicted octanol–water partition coefficient (Wildman–Crippen LogP) is -0.427. The third kappa shape index (κ3) is 4.15. The molecule has 3 saturated heterocycles. The summed E-state index contributed by atoms with van der Waals surface area (Å²) in [5.74, 6) is -0.568. The summed E-state index contributed by atoms with van der Waals surface area (Å²) in [6, 6.07) is 7.46. The molecule has 1 aliphatic carbocycles. The number of carbonyl (C=O) groups excluding carboxylic acids is 2.